The molecule has 0 spiro atoms. The third kappa shape index (κ3) is 6.71. The van der Waals surface area contributed by atoms with E-state index < -0.39 is 0 Å². The zero-order chi connectivity index (χ0) is 15.5. The fourth-order valence-electron chi connectivity index (χ4n) is 1.84. The molecule has 0 amide bonds. The molecule has 0 radical (unpaired) electrons. The van der Waals surface area contributed by atoms with Gasteiger partial charge in [-0.3, -0.25) is 0 Å². The van der Waals surface area contributed by atoms with E-state index in [-0.39, 0.29) is 0 Å². The lowest BCUT2D eigenvalue weighted by Crippen LogP contribution is -2.19. The van der Waals surface area contributed by atoms with Gasteiger partial charge in [-0.25, -0.2) is 4.98 Å². The Labute approximate surface area is 131 Å². The molecule has 1 aromatic heterocycles. The van der Waals surface area contributed by atoms with Crippen LogP contribution in [0.3, 0.4) is 0 Å². The first-order chi connectivity index (χ1) is 10.2. The number of anilines is 1. The molecule has 21 heavy (non-hydrogen) atoms. The predicted octanol–water partition coefficient (Wildman–Crippen LogP) is 1.50. The molecule has 0 aromatic carbocycles. The first kappa shape index (κ1) is 18.3. The van der Waals surface area contributed by atoms with E-state index in [2.05, 4.69) is 22.2 Å². The molecule has 0 atom stereocenters. The van der Waals surface area contributed by atoms with Crippen LogP contribution < -0.4 is 10.2 Å². The van der Waals surface area contributed by atoms with Crippen LogP contribution in [0.1, 0.15) is 17.0 Å². The monoisotopic (exact) mass is 317 g/mol. The van der Waals surface area contributed by atoms with E-state index in [1.165, 1.54) is 4.88 Å². The van der Waals surface area contributed by atoms with Crippen molar-refractivity contribution >= 4 is 16.5 Å². The minimum Gasteiger partial charge on any atom is -0.385 e. The number of hydrogen-bond donors (Lipinski definition) is 1. The Bertz CT molecular complexity index is 388. The molecule has 0 aliphatic heterocycles. The lowest BCUT2D eigenvalue weighted by atomic mass is 10.3. The highest BCUT2D eigenvalue weighted by Crippen LogP contribution is 2.26. The van der Waals surface area contributed by atoms with Gasteiger partial charge in [-0.1, -0.05) is 0 Å². The van der Waals surface area contributed by atoms with Crippen molar-refractivity contribution in [2.45, 2.75) is 19.6 Å². The van der Waals surface area contributed by atoms with Gasteiger partial charge in [-0.2, -0.15) is 0 Å². The number of methoxy groups -OCH3 is 3. The number of nitrogens with one attached hydrogen (secondary N) is 1. The second kappa shape index (κ2) is 10.9. The van der Waals surface area contributed by atoms with Crippen LogP contribution in [0.4, 0.5) is 5.13 Å². The third-order valence-corrected chi connectivity index (χ3v) is 4.20. The zero-order valence-corrected chi connectivity index (χ0v) is 14.3. The molecular weight excluding hydrogens is 290 g/mol. The van der Waals surface area contributed by atoms with Crippen LogP contribution in [0.15, 0.2) is 0 Å². The number of hydrogen-bond acceptors (Lipinski definition) is 7. The Morgan fingerprint density at radius 3 is 2.57 bits per heavy atom. The van der Waals surface area contributed by atoms with Gasteiger partial charge in [-0.05, 0) is 6.42 Å². The van der Waals surface area contributed by atoms with E-state index in [9.17, 15) is 0 Å². The Morgan fingerprint density at radius 1 is 1.14 bits per heavy atom. The largest absolute Gasteiger partial charge is 0.385 e. The van der Waals surface area contributed by atoms with Crippen LogP contribution in [-0.2, 0) is 27.4 Å². The lowest BCUT2D eigenvalue weighted by molar-refractivity contribution is 0.181. The summed E-state index contributed by atoms with van der Waals surface area (Å²) in [5, 5.41) is 4.39. The second-order valence-corrected chi connectivity index (χ2v) is 5.80. The fraction of sp³-hybridized carbons (Fsp3) is 0.786. The number of nitrogens with zero attached hydrogens (tertiary/aromatic N) is 2. The van der Waals surface area contributed by atoms with Crippen molar-refractivity contribution in [1.82, 2.24) is 10.3 Å². The molecule has 0 fully saturated rings. The molecule has 122 valence electrons. The van der Waals surface area contributed by atoms with E-state index in [0.717, 1.165) is 43.5 Å². The molecule has 1 heterocycles. The SMILES string of the molecule is COCCCN(C)c1nc(COC)c(CNCCOC)s1. The third-order valence-electron chi connectivity index (χ3n) is 2.99. The molecular formula is C14H27N3O3S. The summed E-state index contributed by atoms with van der Waals surface area (Å²) in [6, 6.07) is 0. The van der Waals surface area contributed by atoms with Gasteiger partial charge in [-0.15, -0.1) is 11.3 Å². The van der Waals surface area contributed by atoms with Crippen LogP contribution >= 0.6 is 11.3 Å². The van der Waals surface area contributed by atoms with Crippen LogP contribution in [0.25, 0.3) is 0 Å². The van der Waals surface area contributed by atoms with Crippen molar-refractivity contribution in [1.29, 1.82) is 0 Å². The standard InChI is InChI=1S/C14H27N3O3S/c1-17(7-5-8-18-2)14-16-12(11-20-4)13(21-14)10-15-6-9-19-3/h15H,5-11H2,1-4H3. The summed E-state index contributed by atoms with van der Waals surface area (Å²) in [6.07, 6.45) is 0.994. The average molecular weight is 317 g/mol. The van der Waals surface area contributed by atoms with Gasteiger partial charge in [0.1, 0.15) is 0 Å². The van der Waals surface area contributed by atoms with Crippen LogP contribution in [-0.4, -0.2) is 59.7 Å². The average Bonchev–Trinajstić information content (AvgIpc) is 2.87. The van der Waals surface area contributed by atoms with E-state index in [4.69, 9.17) is 14.2 Å². The molecule has 0 unspecified atom stereocenters. The Balaban J connectivity index is 2.59. The maximum atomic E-state index is 5.24. The molecule has 7 heteroatoms. The minimum atomic E-state index is 0.545. The van der Waals surface area contributed by atoms with Gasteiger partial charge in [0.2, 0.25) is 0 Å². The second-order valence-electron chi connectivity index (χ2n) is 4.74. The topological polar surface area (TPSA) is 55.9 Å². The van der Waals surface area contributed by atoms with E-state index in [1.54, 1.807) is 32.7 Å². The van der Waals surface area contributed by atoms with Crippen molar-refractivity contribution in [3.8, 4) is 0 Å². The van der Waals surface area contributed by atoms with Gasteiger partial charge >= 0.3 is 0 Å². The highest BCUT2D eigenvalue weighted by atomic mass is 32.1. The van der Waals surface area contributed by atoms with E-state index in [0.29, 0.717) is 13.2 Å². The van der Waals surface area contributed by atoms with Crippen LogP contribution in [0.5, 0.6) is 0 Å². The first-order valence-electron chi connectivity index (χ1n) is 7.10. The molecule has 6 nitrogen and oxygen atoms in total. The van der Waals surface area contributed by atoms with E-state index >= 15 is 0 Å². The van der Waals surface area contributed by atoms with Gasteiger partial charge in [0.15, 0.2) is 5.13 Å². The summed E-state index contributed by atoms with van der Waals surface area (Å²) in [5.74, 6) is 0. The minimum absolute atomic E-state index is 0.545. The van der Waals surface area contributed by atoms with Crippen molar-refractivity contribution in [2.24, 2.45) is 0 Å². The number of ether oxygens (including phenoxy) is 3. The Kier molecular flexibility index (Phi) is 9.53. The van der Waals surface area contributed by atoms with Gasteiger partial charge < -0.3 is 24.4 Å². The number of rotatable bonds is 12. The van der Waals surface area contributed by atoms with Crippen molar-refractivity contribution in [3.63, 3.8) is 0 Å². The summed E-state index contributed by atoms with van der Waals surface area (Å²) >= 11 is 1.71. The summed E-state index contributed by atoms with van der Waals surface area (Å²) < 4.78 is 15.4. The van der Waals surface area contributed by atoms with Gasteiger partial charge in [0, 0.05) is 59.5 Å². The smallest absolute Gasteiger partial charge is 0.185 e. The van der Waals surface area contributed by atoms with Gasteiger partial charge in [0.05, 0.1) is 18.9 Å². The van der Waals surface area contributed by atoms with Crippen LogP contribution in [0.2, 0.25) is 0 Å². The van der Waals surface area contributed by atoms with Crippen LogP contribution in [0, 0.1) is 0 Å². The molecule has 1 aromatic rings. The summed E-state index contributed by atoms with van der Waals surface area (Å²) in [5.41, 5.74) is 1.01. The molecule has 0 saturated heterocycles. The maximum Gasteiger partial charge on any atom is 0.185 e. The molecule has 0 aliphatic rings. The molecule has 0 bridgehead atoms. The van der Waals surface area contributed by atoms with E-state index in [1.807, 2.05) is 0 Å². The first-order valence-corrected chi connectivity index (χ1v) is 7.91. The molecule has 0 aliphatic carbocycles. The van der Waals surface area contributed by atoms with Crippen molar-refractivity contribution in [3.05, 3.63) is 10.6 Å². The normalized spacial score (nSPS) is 11.0. The summed E-state index contributed by atoms with van der Waals surface area (Å²) in [7, 11) is 7.19. The quantitative estimate of drug-likeness (QED) is 0.590. The van der Waals surface area contributed by atoms with Gasteiger partial charge in [0.25, 0.3) is 0 Å². The number of thiazole rings is 1. The Hall–Kier alpha value is -0.730. The molecule has 1 rings (SSSR count). The van der Waals surface area contributed by atoms with Crippen molar-refractivity contribution in [2.75, 3.05) is 59.6 Å². The molecule has 0 saturated carbocycles. The number of aromatic nitrogens is 1. The summed E-state index contributed by atoms with van der Waals surface area (Å²) in [4.78, 5) is 8.08. The molecule has 1 N–H and O–H groups in total. The fourth-order valence-corrected chi connectivity index (χ4v) is 2.86. The lowest BCUT2D eigenvalue weighted by Gasteiger charge is -2.14. The highest BCUT2D eigenvalue weighted by Gasteiger charge is 2.13. The van der Waals surface area contributed by atoms with Crippen molar-refractivity contribution < 1.29 is 14.2 Å². The summed E-state index contributed by atoms with van der Waals surface area (Å²) in [6.45, 7) is 4.59. The maximum absolute atomic E-state index is 5.24. The highest BCUT2D eigenvalue weighted by molar-refractivity contribution is 7.15. The zero-order valence-electron chi connectivity index (χ0n) is 13.5. The Morgan fingerprint density at radius 2 is 1.90 bits per heavy atom. The predicted molar refractivity (Wildman–Crippen MR) is 86.2 cm³/mol.